The molecule has 2 aromatic rings. The van der Waals surface area contributed by atoms with Crippen LogP contribution in [0.15, 0.2) is 54.6 Å². The first-order valence-corrected chi connectivity index (χ1v) is 8.08. The van der Waals surface area contributed by atoms with E-state index in [1.165, 1.54) is 0 Å². The zero-order valence-corrected chi connectivity index (χ0v) is 13.8. The second-order valence-corrected chi connectivity index (χ2v) is 5.90. The standard InChI is InChI=1S/C19H22N2O3/c1-21-10-11-23-18(13-21)15-6-5-7-16(12-15)20-19(22)14-24-17-8-3-2-4-9-17/h2-9,12,18H,10-11,13-14H2,1H3,(H,20,22). The number of ether oxygens (including phenoxy) is 2. The fourth-order valence-electron chi connectivity index (χ4n) is 2.66. The third-order valence-corrected chi connectivity index (χ3v) is 3.92. The Morgan fingerprint density at radius 3 is 2.88 bits per heavy atom. The van der Waals surface area contributed by atoms with E-state index in [0.717, 1.165) is 30.9 Å². The summed E-state index contributed by atoms with van der Waals surface area (Å²) in [6.07, 6.45) is 0.0428. The summed E-state index contributed by atoms with van der Waals surface area (Å²) in [5, 5.41) is 2.87. The molecule has 1 atom stereocenters. The van der Waals surface area contributed by atoms with Gasteiger partial charge < -0.3 is 19.7 Å². The van der Waals surface area contributed by atoms with E-state index in [-0.39, 0.29) is 18.6 Å². The van der Waals surface area contributed by atoms with Crippen molar-refractivity contribution in [3.8, 4) is 5.75 Å². The molecule has 0 saturated carbocycles. The van der Waals surface area contributed by atoms with Crippen molar-refractivity contribution in [2.75, 3.05) is 38.7 Å². The Labute approximate surface area is 142 Å². The second-order valence-electron chi connectivity index (χ2n) is 5.90. The number of carbonyl (C=O) groups is 1. The van der Waals surface area contributed by atoms with Crippen LogP contribution in [0.3, 0.4) is 0 Å². The number of rotatable bonds is 5. The van der Waals surface area contributed by atoms with Gasteiger partial charge in [-0.05, 0) is 36.9 Å². The van der Waals surface area contributed by atoms with Crippen molar-refractivity contribution in [3.63, 3.8) is 0 Å². The molecule has 0 bridgehead atoms. The lowest BCUT2D eigenvalue weighted by Crippen LogP contribution is -2.35. The third kappa shape index (κ3) is 4.57. The quantitative estimate of drug-likeness (QED) is 0.918. The van der Waals surface area contributed by atoms with Crippen molar-refractivity contribution < 1.29 is 14.3 Å². The summed E-state index contributed by atoms with van der Waals surface area (Å²) in [5.41, 5.74) is 1.83. The molecule has 0 aromatic heterocycles. The maximum atomic E-state index is 12.0. The van der Waals surface area contributed by atoms with Crippen LogP contribution in [0.1, 0.15) is 11.7 Å². The second kappa shape index (κ2) is 7.95. The summed E-state index contributed by atoms with van der Waals surface area (Å²) in [6.45, 7) is 2.51. The first kappa shape index (κ1) is 16.5. The highest BCUT2D eigenvalue weighted by molar-refractivity contribution is 5.91. The molecule has 0 aliphatic carbocycles. The Bertz CT molecular complexity index is 675. The predicted molar refractivity (Wildman–Crippen MR) is 93.2 cm³/mol. The van der Waals surface area contributed by atoms with E-state index in [0.29, 0.717) is 5.75 Å². The molecule has 1 fully saturated rings. The monoisotopic (exact) mass is 326 g/mol. The van der Waals surface area contributed by atoms with Gasteiger partial charge in [-0.15, -0.1) is 0 Å². The molecule has 24 heavy (non-hydrogen) atoms. The van der Waals surface area contributed by atoms with Gasteiger partial charge in [-0.25, -0.2) is 0 Å². The van der Waals surface area contributed by atoms with E-state index in [2.05, 4.69) is 17.3 Å². The number of amides is 1. The van der Waals surface area contributed by atoms with Crippen molar-refractivity contribution in [2.45, 2.75) is 6.10 Å². The Morgan fingerprint density at radius 2 is 2.08 bits per heavy atom. The van der Waals surface area contributed by atoms with Gasteiger partial charge in [0.05, 0.1) is 12.7 Å². The van der Waals surface area contributed by atoms with E-state index in [4.69, 9.17) is 9.47 Å². The number of benzene rings is 2. The van der Waals surface area contributed by atoms with E-state index in [9.17, 15) is 4.79 Å². The Kier molecular flexibility index (Phi) is 5.46. The minimum atomic E-state index is -0.183. The summed E-state index contributed by atoms with van der Waals surface area (Å²) in [5.74, 6) is 0.498. The number of likely N-dealkylation sites (N-methyl/N-ethyl adjacent to an activating group) is 1. The van der Waals surface area contributed by atoms with Gasteiger partial charge in [0.1, 0.15) is 5.75 Å². The molecular weight excluding hydrogens is 304 g/mol. The minimum absolute atomic E-state index is 0.0170. The Morgan fingerprint density at radius 1 is 1.25 bits per heavy atom. The lowest BCUT2D eigenvalue weighted by molar-refractivity contribution is -0.118. The maximum absolute atomic E-state index is 12.0. The smallest absolute Gasteiger partial charge is 0.262 e. The highest BCUT2D eigenvalue weighted by atomic mass is 16.5. The average Bonchev–Trinajstić information content (AvgIpc) is 2.61. The molecule has 2 aromatic carbocycles. The molecule has 0 spiro atoms. The number of hydrogen-bond acceptors (Lipinski definition) is 4. The first-order chi connectivity index (χ1) is 11.7. The van der Waals surface area contributed by atoms with Crippen molar-refractivity contribution in [3.05, 3.63) is 60.2 Å². The van der Waals surface area contributed by atoms with Crippen LogP contribution in [-0.4, -0.2) is 44.2 Å². The zero-order valence-electron chi connectivity index (χ0n) is 13.8. The molecule has 1 amide bonds. The lowest BCUT2D eigenvalue weighted by atomic mass is 10.1. The number of anilines is 1. The van der Waals surface area contributed by atoms with Crippen LogP contribution in [-0.2, 0) is 9.53 Å². The van der Waals surface area contributed by atoms with Gasteiger partial charge >= 0.3 is 0 Å². The van der Waals surface area contributed by atoms with Crippen molar-refractivity contribution >= 4 is 11.6 Å². The summed E-state index contributed by atoms with van der Waals surface area (Å²) < 4.78 is 11.3. The van der Waals surface area contributed by atoms with Gasteiger partial charge in [-0.2, -0.15) is 0 Å². The summed E-state index contributed by atoms with van der Waals surface area (Å²) in [6, 6.07) is 17.1. The third-order valence-electron chi connectivity index (χ3n) is 3.92. The van der Waals surface area contributed by atoms with Crippen LogP contribution < -0.4 is 10.1 Å². The van der Waals surface area contributed by atoms with E-state index >= 15 is 0 Å². The molecule has 1 aliphatic rings. The van der Waals surface area contributed by atoms with Crippen molar-refractivity contribution in [1.29, 1.82) is 0 Å². The summed E-state index contributed by atoms with van der Waals surface area (Å²) in [4.78, 5) is 14.3. The number of carbonyl (C=O) groups excluding carboxylic acids is 1. The topological polar surface area (TPSA) is 50.8 Å². The molecule has 3 rings (SSSR count). The van der Waals surface area contributed by atoms with Crippen LogP contribution in [0.25, 0.3) is 0 Å². The normalized spacial score (nSPS) is 18.1. The molecule has 5 heteroatoms. The van der Waals surface area contributed by atoms with Crippen LogP contribution >= 0.6 is 0 Å². The van der Waals surface area contributed by atoms with E-state index in [1.54, 1.807) is 0 Å². The number of nitrogens with zero attached hydrogens (tertiary/aromatic N) is 1. The number of morpholine rings is 1. The van der Waals surface area contributed by atoms with Gasteiger partial charge in [0.15, 0.2) is 6.61 Å². The van der Waals surface area contributed by atoms with Crippen molar-refractivity contribution in [2.24, 2.45) is 0 Å². The molecule has 1 heterocycles. The fraction of sp³-hybridized carbons (Fsp3) is 0.316. The van der Waals surface area contributed by atoms with E-state index in [1.807, 2.05) is 54.6 Å². The van der Waals surface area contributed by atoms with Gasteiger partial charge in [-0.3, -0.25) is 4.79 Å². The molecule has 1 unspecified atom stereocenters. The summed E-state index contributed by atoms with van der Waals surface area (Å²) >= 11 is 0. The molecule has 1 N–H and O–H groups in total. The summed E-state index contributed by atoms with van der Waals surface area (Å²) in [7, 11) is 2.09. The molecule has 1 saturated heterocycles. The molecule has 126 valence electrons. The van der Waals surface area contributed by atoms with Gasteiger partial charge in [0.2, 0.25) is 0 Å². The zero-order chi connectivity index (χ0) is 16.8. The van der Waals surface area contributed by atoms with Crippen LogP contribution in [0.2, 0.25) is 0 Å². The van der Waals surface area contributed by atoms with Crippen LogP contribution in [0, 0.1) is 0 Å². The lowest BCUT2D eigenvalue weighted by Gasteiger charge is -2.30. The highest BCUT2D eigenvalue weighted by Crippen LogP contribution is 2.24. The van der Waals surface area contributed by atoms with E-state index < -0.39 is 0 Å². The number of hydrogen-bond donors (Lipinski definition) is 1. The molecule has 0 radical (unpaired) electrons. The Hall–Kier alpha value is -2.37. The van der Waals surface area contributed by atoms with Crippen LogP contribution in [0.4, 0.5) is 5.69 Å². The molecular formula is C19H22N2O3. The van der Waals surface area contributed by atoms with Crippen LogP contribution in [0.5, 0.6) is 5.75 Å². The minimum Gasteiger partial charge on any atom is -0.484 e. The molecule has 5 nitrogen and oxygen atoms in total. The van der Waals surface area contributed by atoms with Crippen molar-refractivity contribution in [1.82, 2.24) is 4.90 Å². The van der Waals surface area contributed by atoms with Gasteiger partial charge in [-0.1, -0.05) is 30.3 Å². The van der Waals surface area contributed by atoms with Gasteiger partial charge in [0.25, 0.3) is 5.91 Å². The first-order valence-electron chi connectivity index (χ1n) is 8.08. The maximum Gasteiger partial charge on any atom is 0.262 e. The molecule has 1 aliphatic heterocycles. The Balaban J connectivity index is 1.57. The number of para-hydroxylation sites is 1. The van der Waals surface area contributed by atoms with Gasteiger partial charge in [0, 0.05) is 18.8 Å². The SMILES string of the molecule is CN1CCOC(c2cccc(NC(=O)COc3ccccc3)c2)C1. The fourth-order valence-corrected chi connectivity index (χ4v) is 2.66. The highest BCUT2D eigenvalue weighted by Gasteiger charge is 2.19. The number of nitrogens with one attached hydrogen (secondary N) is 1. The predicted octanol–water partition coefficient (Wildman–Crippen LogP) is 2.71. The largest absolute Gasteiger partial charge is 0.484 e. The average molecular weight is 326 g/mol.